The van der Waals surface area contributed by atoms with E-state index < -0.39 is 9.84 Å². The molecule has 2 aromatic heterocycles. The molecule has 0 saturated heterocycles. The van der Waals surface area contributed by atoms with Crippen molar-refractivity contribution in [1.82, 2.24) is 9.97 Å². The van der Waals surface area contributed by atoms with E-state index in [4.69, 9.17) is 11.6 Å². The van der Waals surface area contributed by atoms with Crippen LogP contribution in [0.2, 0.25) is 5.02 Å². The van der Waals surface area contributed by atoms with Crippen LogP contribution in [-0.4, -0.2) is 29.9 Å². The fraction of sp³-hybridized carbons (Fsp3) is 0.143. The lowest BCUT2D eigenvalue weighted by Crippen LogP contribution is -2.08. The number of thioether (sulfide) groups is 1. The van der Waals surface area contributed by atoms with Crippen LogP contribution in [0, 0.1) is 0 Å². The van der Waals surface area contributed by atoms with Gasteiger partial charge in [-0.05, 0) is 35.7 Å². The number of aromatic nitrogens is 2. The van der Waals surface area contributed by atoms with Crippen molar-refractivity contribution in [1.29, 1.82) is 0 Å². The van der Waals surface area contributed by atoms with Gasteiger partial charge in [-0.25, -0.2) is 18.4 Å². The van der Waals surface area contributed by atoms with Gasteiger partial charge in [0.1, 0.15) is 16.2 Å². The molecular formula is C14H11ClN2O2S3. The molecule has 0 radical (unpaired) electrons. The Morgan fingerprint density at radius 3 is 2.68 bits per heavy atom. The lowest BCUT2D eigenvalue weighted by molar-refractivity contribution is 0.597. The summed E-state index contributed by atoms with van der Waals surface area (Å²) in [7, 11) is -3.31. The summed E-state index contributed by atoms with van der Waals surface area (Å²) in [6.07, 6.45) is 1.51. The quantitative estimate of drug-likeness (QED) is 0.503. The standard InChI is InChI=1S/C14H11ClN2O2S3/c15-10-1-3-11(4-2-10)22(18,19)8-7-21-14-12-5-6-20-13(12)16-9-17-14/h1-6,9H,7-8H2. The largest absolute Gasteiger partial charge is 0.229 e. The van der Waals surface area contributed by atoms with Crippen LogP contribution < -0.4 is 0 Å². The number of fused-ring (bicyclic) bond motifs is 1. The van der Waals surface area contributed by atoms with Crippen molar-refractivity contribution in [3.63, 3.8) is 0 Å². The first kappa shape index (κ1) is 15.7. The molecule has 0 amide bonds. The second kappa shape index (κ2) is 6.54. The fourth-order valence-electron chi connectivity index (χ4n) is 1.89. The van der Waals surface area contributed by atoms with Crippen molar-refractivity contribution >= 4 is 54.8 Å². The zero-order valence-corrected chi connectivity index (χ0v) is 14.5. The van der Waals surface area contributed by atoms with Gasteiger partial charge in [-0.2, -0.15) is 0 Å². The molecule has 0 N–H and O–H groups in total. The molecule has 8 heteroatoms. The van der Waals surface area contributed by atoms with Gasteiger partial charge in [0.25, 0.3) is 0 Å². The molecule has 0 atom stereocenters. The molecular weight excluding hydrogens is 360 g/mol. The van der Waals surface area contributed by atoms with E-state index in [9.17, 15) is 8.42 Å². The lowest BCUT2D eigenvalue weighted by atomic mass is 10.4. The number of thiophene rings is 1. The van der Waals surface area contributed by atoms with Crippen LogP contribution in [0.4, 0.5) is 0 Å². The third-order valence-corrected chi connectivity index (χ3v) is 7.06. The third-order valence-electron chi connectivity index (χ3n) is 2.99. The average molecular weight is 371 g/mol. The van der Waals surface area contributed by atoms with Crippen molar-refractivity contribution in [2.75, 3.05) is 11.5 Å². The molecule has 0 aliphatic rings. The number of benzene rings is 1. The highest BCUT2D eigenvalue weighted by atomic mass is 35.5. The van der Waals surface area contributed by atoms with Gasteiger partial charge in [0.2, 0.25) is 0 Å². The van der Waals surface area contributed by atoms with Crippen LogP contribution in [-0.2, 0) is 9.84 Å². The van der Waals surface area contributed by atoms with E-state index in [2.05, 4.69) is 9.97 Å². The first-order valence-electron chi connectivity index (χ1n) is 6.35. The Kier molecular flexibility index (Phi) is 4.67. The van der Waals surface area contributed by atoms with Crippen LogP contribution in [0.1, 0.15) is 0 Å². The fourth-order valence-corrected chi connectivity index (χ4v) is 5.45. The van der Waals surface area contributed by atoms with Crippen molar-refractivity contribution in [2.45, 2.75) is 9.92 Å². The first-order valence-corrected chi connectivity index (χ1v) is 10.3. The van der Waals surface area contributed by atoms with E-state index in [0.29, 0.717) is 15.7 Å². The zero-order chi connectivity index (χ0) is 15.6. The molecule has 0 bridgehead atoms. The topological polar surface area (TPSA) is 59.9 Å². The van der Waals surface area contributed by atoms with Crippen LogP contribution in [0.5, 0.6) is 0 Å². The summed E-state index contributed by atoms with van der Waals surface area (Å²) in [6, 6.07) is 8.19. The maximum Gasteiger partial charge on any atom is 0.179 e. The third kappa shape index (κ3) is 3.43. The first-order chi connectivity index (χ1) is 10.6. The summed E-state index contributed by atoms with van der Waals surface area (Å²) in [4.78, 5) is 9.61. The van der Waals surface area contributed by atoms with Gasteiger partial charge in [-0.3, -0.25) is 0 Å². The average Bonchev–Trinajstić information content (AvgIpc) is 2.97. The minimum absolute atomic E-state index is 0.0505. The summed E-state index contributed by atoms with van der Waals surface area (Å²) >= 11 is 8.75. The highest BCUT2D eigenvalue weighted by Crippen LogP contribution is 2.28. The second-order valence-electron chi connectivity index (χ2n) is 4.44. The number of hydrogen-bond donors (Lipinski definition) is 0. The van der Waals surface area contributed by atoms with Crippen molar-refractivity contribution in [3.8, 4) is 0 Å². The van der Waals surface area contributed by atoms with Gasteiger partial charge in [0, 0.05) is 16.2 Å². The summed E-state index contributed by atoms with van der Waals surface area (Å²) in [5.41, 5.74) is 0. The molecule has 3 rings (SSSR count). The Morgan fingerprint density at radius 2 is 1.91 bits per heavy atom. The Hall–Kier alpha value is -1.15. The molecule has 114 valence electrons. The van der Waals surface area contributed by atoms with E-state index in [-0.39, 0.29) is 5.75 Å². The predicted octanol–water partition coefficient (Wildman–Crippen LogP) is 3.91. The SMILES string of the molecule is O=S(=O)(CCSc1ncnc2sccc12)c1ccc(Cl)cc1. The van der Waals surface area contributed by atoms with Crippen LogP contribution >= 0.6 is 34.7 Å². The summed E-state index contributed by atoms with van der Waals surface area (Å²) in [5, 5.41) is 4.27. The zero-order valence-electron chi connectivity index (χ0n) is 11.3. The Balaban J connectivity index is 1.70. The monoisotopic (exact) mass is 370 g/mol. The molecule has 0 aliphatic carbocycles. The normalized spacial score (nSPS) is 11.9. The summed E-state index contributed by atoms with van der Waals surface area (Å²) in [6.45, 7) is 0. The molecule has 0 unspecified atom stereocenters. The van der Waals surface area contributed by atoms with Gasteiger partial charge in [0.05, 0.1) is 10.6 Å². The number of nitrogens with zero attached hydrogens (tertiary/aromatic N) is 2. The van der Waals surface area contributed by atoms with E-state index in [1.54, 1.807) is 23.5 Å². The lowest BCUT2D eigenvalue weighted by Gasteiger charge is -2.05. The molecule has 22 heavy (non-hydrogen) atoms. The second-order valence-corrected chi connectivity index (χ2v) is 8.96. The Bertz CT molecular complexity index is 892. The maximum atomic E-state index is 12.3. The van der Waals surface area contributed by atoms with Crippen LogP contribution in [0.15, 0.2) is 52.0 Å². The van der Waals surface area contributed by atoms with Gasteiger partial charge < -0.3 is 0 Å². The van der Waals surface area contributed by atoms with Crippen molar-refractivity contribution in [2.24, 2.45) is 0 Å². The molecule has 1 aromatic carbocycles. The molecule has 0 fully saturated rings. The van der Waals surface area contributed by atoms with Crippen molar-refractivity contribution in [3.05, 3.63) is 47.1 Å². The summed E-state index contributed by atoms with van der Waals surface area (Å²) in [5.74, 6) is 0.488. The highest BCUT2D eigenvalue weighted by molar-refractivity contribution is 8.00. The molecule has 0 saturated carbocycles. The minimum Gasteiger partial charge on any atom is -0.229 e. The van der Waals surface area contributed by atoms with Gasteiger partial charge in [-0.15, -0.1) is 23.1 Å². The molecule has 0 spiro atoms. The predicted molar refractivity (Wildman–Crippen MR) is 91.6 cm³/mol. The van der Waals surface area contributed by atoms with Crippen LogP contribution in [0.25, 0.3) is 10.2 Å². The highest BCUT2D eigenvalue weighted by Gasteiger charge is 2.15. The number of rotatable bonds is 5. The molecule has 3 aromatic rings. The summed E-state index contributed by atoms with van der Waals surface area (Å²) < 4.78 is 24.5. The maximum absolute atomic E-state index is 12.3. The van der Waals surface area contributed by atoms with E-state index in [1.807, 2.05) is 11.4 Å². The van der Waals surface area contributed by atoms with Gasteiger partial charge >= 0.3 is 0 Å². The smallest absolute Gasteiger partial charge is 0.179 e. The minimum atomic E-state index is -3.31. The number of halogens is 1. The van der Waals surface area contributed by atoms with E-state index in [1.165, 1.54) is 30.2 Å². The van der Waals surface area contributed by atoms with E-state index >= 15 is 0 Å². The van der Waals surface area contributed by atoms with Crippen molar-refractivity contribution < 1.29 is 8.42 Å². The van der Waals surface area contributed by atoms with E-state index in [0.717, 1.165) is 15.2 Å². The Morgan fingerprint density at radius 1 is 1.14 bits per heavy atom. The number of hydrogen-bond acceptors (Lipinski definition) is 6. The molecule has 2 heterocycles. The van der Waals surface area contributed by atoms with Crippen LogP contribution in [0.3, 0.4) is 0 Å². The van der Waals surface area contributed by atoms with Gasteiger partial charge in [0.15, 0.2) is 9.84 Å². The molecule has 0 aliphatic heterocycles. The Labute approximate surface area is 141 Å². The van der Waals surface area contributed by atoms with Gasteiger partial charge in [-0.1, -0.05) is 11.6 Å². The molecule has 4 nitrogen and oxygen atoms in total. The number of sulfone groups is 1.